The summed E-state index contributed by atoms with van der Waals surface area (Å²) in [5, 5.41) is 8.05. The van der Waals surface area contributed by atoms with Crippen LogP contribution in [0, 0.1) is 6.92 Å². The number of carbonyl (C=O) groups is 1. The van der Waals surface area contributed by atoms with E-state index in [1.54, 1.807) is 0 Å². The second kappa shape index (κ2) is 7.41. The molecule has 0 atom stereocenters. The first-order valence-corrected chi connectivity index (χ1v) is 8.75. The van der Waals surface area contributed by atoms with Crippen LogP contribution in [-0.4, -0.2) is 29.1 Å². The van der Waals surface area contributed by atoms with Gasteiger partial charge in [0.05, 0.1) is 5.69 Å². The predicted octanol–water partition coefficient (Wildman–Crippen LogP) is 3.16. The molecule has 0 unspecified atom stereocenters. The number of carbonyl (C=O) groups excluding carboxylic acids is 1. The van der Waals surface area contributed by atoms with E-state index in [-0.39, 0.29) is 6.03 Å². The fourth-order valence-corrected chi connectivity index (χ4v) is 3.25. The minimum absolute atomic E-state index is 0.251. The van der Waals surface area contributed by atoms with Crippen molar-refractivity contribution in [2.45, 2.75) is 32.7 Å². The smallest absolute Gasteiger partial charge is 0.321 e. The van der Waals surface area contributed by atoms with Crippen molar-refractivity contribution in [3.8, 4) is 0 Å². The summed E-state index contributed by atoms with van der Waals surface area (Å²) in [4.78, 5) is 22.9. The van der Waals surface area contributed by atoms with Crippen LogP contribution in [0.4, 0.5) is 15.7 Å². The highest BCUT2D eigenvalue weighted by molar-refractivity contribution is 7.13. The average Bonchev–Trinajstić information content (AvgIpc) is 2.99. The first-order valence-electron chi connectivity index (χ1n) is 7.87. The highest BCUT2D eigenvalue weighted by atomic mass is 32.1. The van der Waals surface area contributed by atoms with E-state index in [0.717, 1.165) is 30.2 Å². The van der Waals surface area contributed by atoms with Gasteiger partial charge in [-0.3, -0.25) is 5.32 Å². The molecule has 3 heterocycles. The van der Waals surface area contributed by atoms with E-state index in [1.807, 2.05) is 30.6 Å². The van der Waals surface area contributed by atoms with Crippen molar-refractivity contribution >= 4 is 28.3 Å². The molecule has 0 saturated carbocycles. The molecule has 2 amide bonds. The van der Waals surface area contributed by atoms with Gasteiger partial charge in [-0.25, -0.2) is 14.8 Å². The molecule has 122 valence electrons. The normalized spacial score (nSPS) is 14.6. The topological polar surface area (TPSA) is 70.2 Å². The second-order valence-corrected chi connectivity index (χ2v) is 6.53. The largest absolute Gasteiger partial charge is 0.357 e. The van der Waals surface area contributed by atoms with E-state index < -0.39 is 0 Å². The van der Waals surface area contributed by atoms with Crippen LogP contribution in [0.15, 0.2) is 23.7 Å². The Kier molecular flexibility index (Phi) is 5.07. The molecule has 1 aliphatic heterocycles. The molecule has 1 saturated heterocycles. The number of amides is 2. The molecular formula is C16H21N5OS. The molecule has 2 N–H and O–H groups in total. The zero-order valence-electron chi connectivity index (χ0n) is 13.2. The summed E-state index contributed by atoms with van der Waals surface area (Å²) in [5.74, 6) is 1.02. The monoisotopic (exact) mass is 331 g/mol. The van der Waals surface area contributed by atoms with Crippen LogP contribution in [-0.2, 0) is 6.54 Å². The summed E-state index contributed by atoms with van der Waals surface area (Å²) >= 11 is 1.42. The Morgan fingerprint density at radius 2 is 2.13 bits per heavy atom. The van der Waals surface area contributed by atoms with Gasteiger partial charge < -0.3 is 10.2 Å². The Hall–Kier alpha value is -2.15. The summed E-state index contributed by atoms with van der Waals surface area (Å²) in [7, 11) is 0. The number of rotatable bonds is 4. The maximum Gasteiger partial charge on any atom is 0.321 e. The quantitative estimate of drug-likeness (QED) is 0.903. The van der Waals surface area contributed by atoms with E-state index in [0.29, 0.717) is 11.7 Å². The van der Waals surface area contributed by atoms with Crippen LogP contribution < -0.4 is 15.5 Å². The van der Waals surface area contributed by atoms with Crippen molar-refractivity contribution in [1.29, 1.82) is 0 Å². The standard InChI is InChI=1S/C16H21N5OS/c1-12-11-23-16(19-12)20-15(22)18-10-13-5-6-14(17-9-13)21-7-3-2-4-8-21/h5-6,9,11H,2-4,7-8,10H2,1H3,(H2,18,19,20,22). The molecule has 7 heteroatoms. The lowest BCUT2D eigenvalue weighted by molar-refractivity contribution is 0.251. The highest BCUT2D eigenvalue weighted by Gasteiger charge is 2.11. The van der Waals surface area contributed by atoms with Crippen molar-refractivity contribution in [2.75, 3.05) is 23.3 Å². The van der Waals surface area contributed by atoms with Crippen LogP contribution in [0.1, 0.15) is 30.5 Å². The summed E-state index contributed by atoms with van der Waals surface area (Å²) in [6.45, 7) is 4.51. The zero-order chi connectivity index (χ0) is 16.1. The summed E-state index contributed by atoms with van der Waals surface area (Å²) in [6, 6.07) is 3.80. The molecule has 0 aromatic carbocycles. The van der Waals surface area contributed by atoms with Crippen LogP contribution >= 0.6 is 11.3 Å². The number of anilines is 2. The number of nitrogens with zero attached hydrogens (tertiary/aromatic N) is 3. The molecule has 0 aliphatic carbocycles. The number of thiazole rings is 1. The van der Waals surface area contributed by atoms with Crippen molar-refractivity contribution in [3.63, 3.8) is 0 Å². The van der Waals surface area contributed by atoms with Gasteiger partial charge in [-0.1, -0.05) is 6.07 Å². The number of urea groups is 1. The average molecular weight is 331 g/mol. The first-order chi connectivity index (χ1) is 11.2. The minimum atomic E-state index is -0.251. The molecule has 3 rings (SSSR count). The van der Waals surface area contributed by atoms with Crippen molar-refractivity contribution in [3.05, 3.63) is 35.0 Å². The van der Waals surface area contributed by atoms with Gasteiger partial charge in [-0.05, 0) is 37.8 Å². The molecule has 2 aromatic rings. The van der Waals surface area contributed by atoms with E-state index in [9.17, 15) is 4.79 Å². The molecule has 0 bridgehead atoms. The summed E-state index contributed by atoms with van der Waals surface area (Å²) < 4.78 is 0. The van der Waals surface area contributed by atoms with Crippen LogP contribution in [0.5, 0.6) is 0 Å². The first kappa shape index (κ1) is 15.7. The molecule has 2 aromatic heterocycles. The number of hydrogen-bond donors (Lipinski definition) is 2. The Balaban J connectivity index is 1.49. The summed E-state index contributed by atoms with van der Waals surface area (Å²) in [5.41, 5.74) is 1.89. The van der Waals surface area contributed by atoms with Gasteiger partial charge >= 0.3 is 6.03 Å². The fourth-order valence-electron chi connectivity index (χ4n) is 2.57. The van der Waals surface area contributed by atoms with Gasteiger partial charge in [0, 0.05) is 31.2 Å². The van der Waals surface area contributed by atoms with E-state index >= 15 is 0 Å². The Labute approximate surface area is 140 Å². The van der Waals surface area contributed by atoms with Gasteiger partial charge in [-0.15, -0.1) is 11.3 Å². The Bertz CT molecular complexity index is 649. The van der Waals surface area contributed by atoms with Crippen LogP contribution in [0.2, 0.25) is 0 Å². The lowest BCUT2D eigenvalue weighted by atomic mass is 10.1. The molecular weight excluding hydrogens is 310 g/mol. The third kappa shape index (κ3) is 4.41. The fraction of sp³-hybridized carbons (Fsp3) is 0.438. The number of aryl methyl sites for hydroxylation is 1. The highest BCUT2D eigenvalue weighted by Crippen LogP contribution is 2.17. The maximum absolute atomic E-state index is 11.8. The van der Waals surface area contributed by atoms with Crippen LogP contribution in [0.3, 0.4) is 0 Å². The van der Waals surface area contributed by atoms with Crippen molar-refractivity contribution in [1.82, 2.24) is 15.3 Å². The van der Waals surface area contributed by atoms with E-state index in [1.165, 1.54) is 30.6 Å². The molecule has 0 spiro atoms. The van der Waals surface area contributed by atoms with Gasteiger partial charge in [0.2, 0.25) is 0 Å². The van der Waals surface area contributed by atoms with Crippen molar-refractivity contribution in [2.24, 2.45) is 0 Å². The van der Waals surface area contributed by atoms with Gasteiger partial charge in [0.25, 0.3) is 0 Å². The zero-order valence-corrected chi connectivity index (χ0v) is 14.0. The third-order valence-corrected chi connectivity index (χ3v) is 4.66. The number of hydrogen-bond acceptors (Lipinski definition) is 5. The lowest BCUT2D eigenvalue weighted by Gasteiger charge is -2.27. The second-order valence-electron chi connectivity index (χ2n) is 5.67. The van der Waals surface area contributed by atoms with Crippen molar-refractivity contribution < 1.29 is 4.79 Å². The van der Waals surface area contributed by atoms with E-state index in [2.05, 4.69) is 25.5 Å². The van der Waals surface area contributed by atoms with Crippen LogP contribution in [0.25, 0.3) is 0 Å². The molecule has 23 heavy (non-hydrogen) atoms. The maximum atomic E-state index is 11.8. The van der Waals surface area contributed by atoms with Gasteiger partial charge in [0.1, 0.15) is 5.82 Å². The van der Waals surface area contributed by atoms with Gasteiger partial charge in [-0.2, -0.15) is 0 Å². The molecule has 0 radical (unpaired) electrons. The Morgan fingerprint density at radius 1 is 1.30 bits per heavy atom. The predicted molar refractivity (Wildman–Crippen MR) is 93.0 cm³/mol. The van der Waals surface area contributed by atoms with Gasteiger partial charge in [0.15, 0.2) is 5.13 Å². The number of aromatic nitrogens is 2. The third-order valence-electron chi connectivity index (χ3n) is 3.78. The summed E-state index contributed by atoms with van der Waals surface area (Å²) in [6.07, 6.45) is 5.62. The Morgan fingerprint density at radius 3 is 2.78 bits per heavy atom. The lowest BCUT2D eigenvalue weighted by Crippen LogP contribution is -2.30. The number of piperidine rings is 1. The van der Waals surface area contributed by atoms with E-state index in [4.69, 9.17) is 0 Å². The number of nitrogens with one attached hydrogen (secondary N) is 2. The number of pyridine rings is 1. The molecule has 6 nitrogen and oxygen atoms in total. The molecule has 1 aliphatic rings. The molecule has 1 fully saturated rings. The minimum Gasteiger partial charge on any atom is -0.357 e. The SMILES string of the molecule is Cc1csc(NC(=O)NCc2ccc(N3CCCCC3)nc2)n1.